The average molecular weight is 197 g/mol. The fraction of sp³-hybridized carbons (Fsp3) is 1.00. The predicted molar refractivity (Wildman–Crippen MR) is 58.4 cm³/mol. The van der Waals surface area contributed by atoms with Gasteiger partial charge in [-0.25, -0.2) is 0 Å². The molecule has 2 nitrogen and oxygen atoms in total. The van der Waals surface area contributed by atoms with Crippen LogP contribution in [0.5, 0.6) is 0 Å². The molecule has 3 unspecified atom stereocenters. The number of hydrogen-bond donors (Lipinski definition) is 1. The highest BCUT2D eigenvalue weighted by Crippen LogP contribution is 2.24. The van der Waals surface area contributed by atoms with E-state index in [4.69, 9.17) is 4.74 Å². The number of rotatable bonds is 3. The third kappa shape index (κ3) is 2.71. The molecule has 0 aromatic heterocycles. The molecule has 1 saturated heterocycles. The quantitative estimate of drug-likeness (QED) is 0.750. The molecular formula is C12H23NO. The smallest absolute Gasteiger partial charge is 0.0700 e. The monoisotopic (exact) mass is 197 g/mol. The molecule has 0 aromatic rings. The van der Waals surface area contributed by atoms with Crippen molar-refractivity contribution in [3.63, 3.8) is 0 Å². The molecular weight excluding hydrogens is 174 g/mol. The SMILES string of the molecule is CC1CCCCC1NCC1CCCO1. The molecule has 2 heteroatoms. The molecule has 0 amide bonds. The van der Waals surface area contributed by atoms with Gasteiger partial charge in [0.05, 0.1) is 6.10 Å². The van der Waals surface area contributed by atoms with Crippen molar-refractivity contribution >= 4 is 0 Å². The lowest BCUT2D eigenvalue weighted by atomic mass is 9.86. The second-order valence-corrected chi connectivity index (χ2v) is 4.91. The van der Waals surface area contributed by atoms with Gasteiger partial charge in [0.2, 0.25) is 0 Å². The van der Waals surface area contributed by atoms with Crippen molar-refractivity contribution in [2.24, 2.45) is 5.92 Å². The van der Waals surface area contributed by atoms with E-state index in [1.54, 1.807) is 0 Å². The largest absolute Gasteiger partial charge is 0.377 e. The minimum atomic E-state index is 0.504. The van der Waals surface area contributed by atoms with Crippen molar-refractivity contribution < 1.29 is 4.74 Å². The molecule has 82 valence electrons. The van der Waals surface area contributed by atoms with Gasteiger partial charge in [0, 0.05) is 19.2 Å². The van der Waals surface area contributed by atoms with Gasteiger partial charge in [-0.1, -0.05) is 19.8 Å². The van der Waals surface area contributed by atoms with E-state index in [2.05, 4.69) is 12.2 Å². The third-order valence-corrected chi connectivity index (χ3v) is 3.74. The fourth-order valence-corrected chi connectivity index (χ4v) is 2.71. The van der Waals surface area contributed by atoms with Crippen molar-refractivity contribution in [2.75, 3.05) is 13.2 Å². The first-order chi connectivity index (χ1) is 6.86. The van der Waals surface area contributed by atoms with Crippen LogP contribution in [0.15, 0.2) is 0 Å². The molecule has 0 aromatic carbocycles. The summed E-state index contributed by atoms with van der Waals surface area (Å²) >= 11 is 0. The van der Waals surface area contributed by atoms with Gasteiger partial charge in [0.1, 0.15) is 0 Å². The maximum Gasteiger partial charge on any atom is 0.0700 e. The first-order valence-electron chi connectivity index (χ1n) is 6.21. The van der Waals surface area contributed by atoms with Crippen LogP contribution in [-0.2, 0) is 4.74 Å². The van der Waals surface area contributed by atoms with E-state index in [0.29, 0.717) is 6.10 Å². The Morgan fingerprint density at radius 2 is 2.00 bits per heavy atom. The molecule has 1 aliphatic carbocycles. The van der Waals surface area contributed by atoms with Crippen LogP contribution in [-0.4, -0.2) is 25.3 Å². The van der Waals surface area contributed by atoms with Crippen LogP contribution in [0.3, 0.4) is 0 Å². The average Bonchev–Trinajstić information content (AvgIpc) is 2.69. The first-order valence-corrected chi connectivity index (χ1v) is 6.21. The van der Waals surface area contributed by atoms with Crippen molar-refractivity contribution in [3.8, 4) is 0 Å². The lowest BCUT2D eigenvalue weighted by Gasteiger charge is -2.30. The molecule has 2 aliphatic rings. The van der Waals surface area contributed by atoms with E-state index >= 15 is 0 Å². The van der Waals surface area contributed by atoms with Gasteiger partial charge in [-0.05, 0) is 31.6 Å². The predicted octanol–water partition coefficient (Wildman–Crippen LogP) is 2.33. The van der Waals surface area contributed by atoms with Crippen molar-refractivity contribution in [1.82, 2.24) is 5.32 Å². The Kier molecular flexibility index (Phi) is 3.82. The molecule has 0 bridgehead atoms. The summed E-state index contributed by atoms with van der Waals surface area (Å²) in [6.07, 6.45) is 8.63. The van der Waals surface area contributed by atoms with Gasteiger partial charge in [-0.3, -0.25) is 0 Å². The summed E-state index contributed by atoms with van der Waals surface area (Å²) in [6.45, 7) is 4.44. The molecule has 0 spiro atoms. The molecule has 2 fully saturated rings. The molecule has 1 N–H and O–H groups in total. The highest BCUT2D eigenvalue weighted by atomic mass is 16.5. The third-order valence-electron chi connectivity index (χ3n) is 3.74. The minimum Gasteiger partial charge on any atom is -0.377 e. The van der Waals surface area contributed by atoms with Crippen LogP contribution in [0.4, 0.5) is 0 Å². The topological polar surface area (TPSA) is 21.3 Å². The van der Waals surface area contributed by atoms with Crippen LogP contribution in [0.2, 0.25) is 0 Å². The lowest BCUT2D eigenvalue weighted by Crippen LogP contribution is -2.41. The summed E-state index contributed by atoms with van der Waals surface area (Å²) in [6, 6.07) is 0.757. The van der Waals surface area contributed by atoms with Gasteiger partial charge in [-0.2, -0.15) is 0 Å². The normalized spacial score (nSPS) is 38.8. The number of ether oxygens (including phenoxy) is 1. The summed E-state index contributed by atoms with van der Waals surface area (Å²) in [5.74, 6) is 0.866. The Labute approximate surface area is 87.4 Å². The zero-order valence-electron chi connectivity index (χ0n) is 9.30. The summed E-state index contributed by atoms with van der Waals surface area (Å²) in [5, 5.41) is 3.69. The van der Waals surface area contributed by atoms with E-state index in [1.807, 2.05) is 0 Å². The van der Waals surface area contributed by atoms with E-state index in [1.165, 1.54) is 38.5 Å². The second-order valence-electron chi connectivity index (χ2n) is 4.91. The molecule has 3 atom stereocenters. The highest BCUT2D eigenvalue weighted by Gasteiger charge is 2.22. The summed E-state index contributed by atoms with van der Waals surface area (Å²) in [4.78, 5) is 0. The van der Waals surface area contributed by atoms with Crippen LogP contribution >= 0.6 is 0 Å². The van der Waals surface area contributed by atoms with Crippen molar-refractivity contribution in [3.05, 3.63) is 0 Å². The highest BCUT2D eigenvalue weighted by molar-refractivity contribution is 4.80. The lowest BCUT2D eigenvalue weighted by molar-refractivity contribution is 0.102. The van der Waals surface area contributed by atoms with Gasteiger partial charge >= 0.3 is 0 Å². The molecule has 2 rings (SSSR count). The van der Waals surface area contributed by atoms with E-state index in [0.717, 1.165) is 25.1 Å². The van der Waals surface area contributed by atoms with Gasteiger partial charge in [0.25, 0.3) is 0 Å². The van der Waals surface area contributed by atoms with Crippen LogP contribution in [0, 0.1) is 5.92 Å². The molecule has 1 aliphatic heterocycles. The summed E-state index contributed by atoms with van der Waals surface area (Å²) in [5.41, 5.74) is 0. The molecule has 1 saturated carbocycles. The Morgan fingerprint density at radius 1 is 1.14 bits per heavy atom. The van der Waals surface area contributed by atoms with Gasteiger partial charge in [0.15, 0.2) is 0 Å². The maximum atomic E-state index is 5.62. The van der Waals surface area contributed by atoms with Crippen molar-refractivity contribution in [1.29, 1.82) is 0 Å². The van der Waals surface area contributed by atoms with Crippen LogP contribution < -0.4 is 5.32 Å². The number of hydrogen-bond acceptors (Lipinski definition) is 2. The van der Waals surface area contributed by atoms with Gasteiger partial charge < -0.3 is 10.1 Å². The molecule has 1 heterocycles. The Hall–Kier alpha value is -0.0800. The maximum absolute atomic E-state index is 5.62. The molecule has 0 radical (unpaired) electrons. The van der Waals surface area contributed by atoms with Crippen LogP contribution in [0.25, 0.3) is 0 Å². The first kappa shape index (κ1) is 10.4. The van der Waals surface area contributed by atoms with E-state index < -0.39 is 0 Å². The summed E-state index contributed by atoms with van der Waals surface area (Å²) in [7, 11) is 0. The Morgan fingerprint density at radius 3 is 2.71 bits per heavy atom. The van der Waals surface area contributed by atoms with Gasteiger partial charge in [-0.15, -0.1) is 0 Å². The Bertz CT molecular complexity index is 166. The second kappa shape index (κ2) is 5.13. The zero-order valence-corrected chi connectivity index (χ0v) is 9.30. The fourth-order valence-electron chi connectivity index (χ4n) is 2.71. The van der Waals surface area contributed by atoms with E-state index in [-0.39, 0.29) is 0 Å². The van der Waals surface area contributed by atoms with Crippen LogP contribution in [0.1, 0.15) is 45.4 Å². The minimum absolute atomic E-state index is 0.504. The number of nitrogens with one attached hydrogen (secondary N) is 1. The molecule has 14 heavy (non-hydrogen) atoms. The Balaban J connectivity index is 1.67. The standard InChI is InChI=1S/C12H23NO/c1-10-5-2-3-7-12(10)13-9-11-6-4-8-14-11/h10-13H,2-9H2,1H3. The van der Waals surface area contributed by atoms with E-state index in [9.17, 15) is 0 Å². The summed E-state index contributed by atoms with van der Waals surface area (Å²) < 4.78 is 5.62. The van der Waals surface area contributed by atoms with Crippen molar-refractivity contribution in [2.45, 2.75) is 57.6 Å². The zero-order chi connectivity index (χ0) is 9.80.